The maximum Gasteiger partial charge on any atom is 0.232 e. The van der Waals surface area contributed by atoms with Gasteiger partial charge in [-0.3, -0.25) is 9.10 Å². The highest BCUT2D eigenvalue weighted by Gasteiger charge is 2.20. The van der Waals surface area contributed by atoms with Crippen molar-refractivity contribution in [2.75, 3.05) is 22.4 Å². The molecule has 0 radical (unpaired) electrons. The van der Waals surface area contributed by atoms with E-state index in [0.29, 0.717) is 22.7 Å². The second-order valence-electron chi connectivity index (χ2n) is 7.28. The summed E-state index contributed by atoms with van der Waals surface area (Å²) < 4.78 is 26.0. The number of halogens is 1. The van der Waals surface area contributed by atoms with Crippen molar-refractivity contribution in [3.63, 3.8) is 0 Å². The molecule has 0 saturated heterocycles. The van der Waals surface area contributed by atoms with Gasteiger partial charge in [0.1, 0.15) is 0 Å². The smallest absolute Gasteiger partial charge is 0.232 e. The topological polar surface area (TPSA) is 66.5 Å². The van der Waals surface area contributed by atoms with Crippen LogP contribution >= 0.6 is 11.6 Å². The van der Waals surface area contributed by atoms with Crippen molar-refractivity contribution in [3.05, 3.63) is 83.4 Å². The molecule has 0 bridgehead atoms. The van der Waals surface area contributed by atoms with Gasteiger partial charge in [0, 0.05) is 29.2 Å². The number of hydrogen-bond donors (Lipinski definition) is 1. The number of carbonyl (C=O) groups is 1. The molecule has 3 aromatic rings. The first-order valence-corrected chi connectivity index (χ1v) is 12.2. The van der Waals surface area contributed by atoms with Crippen LogP contribution in [0.1, 0.15) is 18.4 Å². The highest BCUT2D eigenvalue weighted by molar-refractivity contribution is 7.92. The van der Waals surface area contributed by atoms with Crippen LogP contribution in [0.3, 0.4) is 0 Å². The first kappa shape index (κ1) is 22.8. The third kappa shape index (κ3) is 5.87. The van der Waals surface area contributed by atoms with Crippen LogP contribution in [0.2, 0.25) is 5.02 Å². The van der Waals surface area contributed by atoms with Gasteiger partial charge in [0.25, 0.3) is 0 Å². The largest absolute Gasteiger partial charge is 0.326 e. The Morgan fingerprint density at radius 1 is 0.968 bits per heavy atom. The van der Waals surface area contributed by atoms with E-state index >= 15 is 0 Å². The van der Waals surface area contributed by atoms with Crippen molar-refractivity contribution in [2.45, 2.75) is 19.8 Å². The van der Waals surface area contributed by atoms with Crippen LogP contribution in [-0.2, 0) is 14.8 Å². The second kappa shape index (κ2) is 9.98. The summed E-state index contributed by atoms with van der Waals surface area (Å²) in [6.45, 7) is 1.97. The van der Waals surface area contributed by atoms with Gasteiger partial charge in [-0.05, 0) is 42.7 Å². The molecule has 3 rings (SSSR count). The fourth-order valence-electron chi connectivity index (χ4n) is 3.39. The predicted octanol–water partition coefficient (Wildman–Crippen LogP) is 5.50. The highest BCUT2D eigenvalue weighted by atomic mass is 35.5. The molecule has 0 aromatic heterocycles. The Bertz CT molecular complexity index is 1160. The maximum absolute atomic E-state index is 12.6. The number of para-hydroxylation sites is 1. The Morgan fingerprint density at radius 3 is 2.35 bits per heavy atom. The van der Waals surface area contributed by atoms with Gasteiger partial charge in [-0.15, -0.1) is 0 Å². The standard InChI is InChI=1S/C24H25ClN2O3S/c1-18-21(25)13-8-15-23(18)27(31(2,29)30)17-9-16-24(28)26-22-14-7-6-12-20(22)19-10-4-3-5-11-19/h3-8,10-15H,9,16-17H2,1-2H3,(H,26,28). The van der Waals surface area contributed by atoms with Gasteiger partial charge in [0.15, 0.2) is 0 Å². The van der Waals surface area contributed by atoms with Crippen LogP contribution in [0.5, 0.6) is 0 Å². The van der Waals surface area contributed by atoms with E-state index in [9.17, 15) is 13.2 Å². The van der Waals surface area contributed by atoms with Gasteiger partial charge in [-0.1, -0.05) is 66.2 Å². The van der Waals surface area contributed by atoms with Crippen LogP contribution in [0.4, 0.5) is 11.4 Å². The van der Waals surface area contributed by atoms with Gasteiger partial charge >= 0.3 is 0 Å². The molecule has 0 saturated carbocycles. The molecule has 0 spiro atoms. The molecule has 1 N–H and O–H groups in total. The monoisotopic (exact) mass is 456 g/mol. The lowest BCUT2D eigenvalue weighted by Crippen LogP contribution is -2.32. The Labute approximate surface area is 188 Å². The summed E-state index contributed by atoms with van der Waals surface area (Å²) in [5.74, 6) is -0.167. The number of benzene rings is 3. The number of nitrogens with one attached hydrogen (secondary N) is 1. The fourth-order valence-corrected chi connectivity index (χ4v) is 4.57. The minimum Gasteiger partial charge on any atom is -0.326 e. The lowest BCUT2D eigenvalue weighted by Gasteiger charge is -2.24. The quantitative estimate of drug-likeness (QED) is 0.486. The molecule has 0 unspecified atom stereocenters. The lowest BCUT2D eigenvalue weighted by atomic mass is 10.0. The third-order valence-corrected chi connectivity index (χ3v) is 6.55. The number of hydrogen-bond acceptors (Lipinski definition) is 3. The molecular formula is C24H25ClN2O3S. The first-order chi connectivity index (χ1) is 14.8. The molecule has 1 amide bonds. The van der Waals surface area contributed by atoms with Crippen molar-refractivity contribution >= 4 is 38.9 Å². The predicted molar refractivity (Wildman–Crippen MR) is 128 cm³/mol. The number of rotatable bonds is 8. The summed E-state index contributed by atoms with van der Waals surface area (Å²) in [5, 5.41) is 3.46. The molecule has 7 heteroatoms. The van der Waals surface area contributed by atoms with Crippen molar-refractivity contribution in [1.29, 1.82) is 0 Å². The van der Waals surface area contributed by atoms with Crippen LogP contribution < -0.4 is 9.62 Å². The zero-order valence-electron chi connectivity index (χ0n) is 17.5. The van der Waals surface area contributed by atoms with E-state index in [1.807, 2.05) is 54.6 Å². The SMILES string of the molecule is Cc1c(Cl)cccc1N(CCCC(=O)Nc1ccccc1-c1ccccc1)S(C)(=O)=O. The zero-order valence-corrected chi connectivity index (χ0v) is 19.1. The van der Waals surface area contributed by atoms with Crippen LogP contribution in [0.15, 0.2) is 72.8 Å². The Balaban J connectivity index is 1.68. The summed E-state index contributed by atoms with van der Waals surface area (Å²) in [7, 11) is -3.51. The van der Waals surface area contributed by atoms with Gasteiger partial charge in [0.05, 0.1) is 11.9 Å². The Kier molecular flexibility index (Phi) is 7.36. The third-order valence-electron chi connectivity index (χ3n) is 4.96. The van der Waals surface area contributed by atoms with Gasteiger partial charge in [0.2, 0.25) is 15.9 Å². The number of amides is 1. The van der Waals surface area contributed by atoms with Gasteiger partial charge in [-0.2, -0.15) is 0 Å². The van der Waals surface area contributed by atoms with E-state index < -0.39 is 10.0 Å². The number of anilines is 2. The van der Waals surface area contributed by atoms with Crippen molar-refractivity contribution in [2.24, 2.45) is 0 Å². The molecule has 0 heterocycles. The minimum absolute atomic E-state index is 0.167. The van der Waals surface area contributed by atoms with E-state index in [2.05, 4.69) is 5.32 Å². The van der Waals surface area contributed by atoms with Crippen molar-refractivity contribution in [1.82, 2.24) is 0 Å². The average Bonchev–Trinajstić information content (AvgIpc) is 2.74. The number of nitrogens with zero attached hydrogens (tertiary/aromatic N) is 1. The molecule has 0 aliphatic rings. The van der Waals surface area contributed by atoms with Crippen LogP contribution in [-0.4, -0.2) is 27.1 Å². The summed E-state index contributed by atoms with van der Waals surface area (Å²) in [4.78, 5) is 12.6. The average molecular weight is 457 g/mol. The fraction of sp³-hybridized carbons (Fsp3) is 0.208. The Hall–Kier alpha value is -2.83. The molecule has 0 aliphatic carbocycles. The second-order valence-corrected chi connectivity index (χ2v) is 9.60. The molecule has 0 fully saturated rings. The summed E-state index contributed by atoms with van der Waals surface area (Å²) in [6.07, 6.45) is 1.72. The molecule has 162 valence electrons. The van der Waals surface area contributed by atoms with E-state index in [-0.39, 0.29) is 18.9 Å². The molecular weight excluding hydrogens is 432 g/mol. The van der Waals surface area contributed by atoms with Gasteiger partial charge in [-0.25, -0.2) is 8.42 Å². The molecule has 3 aromatic carbocycles. The number of sulfonamides is 1. The van der Waals surface area contributed by atoms with E-state index in [4.69, 9.17) is 11.6 Å². The van der Waals surface area contributed by atoms with Crippen LogP contribution in [0, 0.1) is 6.92 Å². The normalized spacial score (nSPS) is 11.2. The molecule has 0 aliphatic heterocycles. The summed E-state index contributed by atoms with van der Waals surface area (Å²) in [6, 6.07) is 22.6. The summed E-state index contributed by atoms with van der Waals surface area (Å²) >= 11 is 6.16. The zero-order chi connectivity index (χ0) is 22.4. The first-order valence-electron chi connectivity index (χ1n) is 9.94. The molecule has 0 atom stereocenters. The Morgan fingerprint density at radius 2 is 1.65 bits per heavy atom. The number of carbonyl (C=O) groups excluding carboxylic acids is 1. The summed E-state index contributed by atoms with van der Waals surface area (Å²) in [5.41, 5.74) is 3.90. The van der Waals surface area contributed by atoms with Gasteiger partial charge < -0.3 is 5.32 Å². The van der Waals surface area contributed by atoms with E-state index in [0.717, 1.165) is 23.1 Å². The van der Waals surface area contributed by atoms with Crippen LogP contribution in [0.25, 0.3) is 11.1 Å². The van der Waals surface area contributed by atoms with Crippen molar-refractivity contribution < 1.29 is 13.2 Å². The van der Waals surface area contributed by atoms with Crippen molar-refractivity contribution in [3.8, 4) is 11.1 Å². The van der Waals surface area contributed by atoms with E-state index in [1.165, 1.54) is 4.31 Å². The molecule has 5 nitrogen and oxygen atoms in total. The molecule has 31 heavy (non-hydrogen) atoms. The minimum atomic E-state index is -3.51. The maximum atomic E-state index is 12.6. The lowest BCUT2D eigenvalue weighted by molar-refractivity contribution is -0.116. The highest BCUT2D eigenvalue weighted by Crippen LogP contribution is 2.29. The van der Waals surface area contributed by atoms with E-state index in [1.54, 1.807) is 25.1 Å².